The molecule has 125 valence electrons. The molecule has 1 N–H and O–H groups in total. The predicted molar refractivity (Wildman–Crippen MR) is 95.1 cm³/mol. The summed E-state index contributed by atoms with van der Waals surface area (Å²) in [6.45, 7) is 0.745. The van der Waals surface area contributed by atoms with Crippen molar-refractivity contribution < 1.29 is 9.15 Å². The van der Waals surface area contributed by atoms with E-state index in [1.807, 2.05) is 42.5 Å². The molecule has 6 heteroatoms. The van der Waals surface area contributed by atoms with Crippen LogP contribution in [0.25, 0.3) is 28.1 Å². The molecule has 6 nitrogen and oxygen atoms in total. The number of rotatable bonds is 3. The molecule has 4 heterocycles. The third kappa shape index (κ3) is 2.64. The highest BCUT2D eigenvalue weighted by Gasteiger charge is 2.16. The maximum Gasteiger partial charge on any atom is 0.155 e. The van der Waals surface area contributed by atoms with E-state index >= 15 is 0 Å². The van der Waals surface area contributed by atoms with E-state index in [9.17, 15) is 0 Å². The number of anilines is 1. The second kappa shape index (κ2) is 5.89. The molecular formula is C19H17N4O2. The normalized spacial score (nSPS) is 18.0. The number of benzene rings is 1. The summed E-state index contributed by atoms with van der Waals surface area (Å²) in [5.74, 6) is 1.50. The van der Waals surface area contributed by atoms with Gasteiger partial charge in [0.15, 0.2) is 11.4 Å². The van der Waals surface area contributed by atoms with E-state index in [4.69, 9.17) is 9.15 Å². The van der Waals surface area contributed by atoms with Crippen LogP contribution < -0.4 is 5.32 Å². The number of hydrogen-bond donors (Lipinski definition) is 1. The minimum Gasteiger partial charge on any atom is -0.454 e. The van der Waals surface area contributed by atoms with Gasteiger partial charge in [-0.3, -0.25) is 0 Å². The van der Waals surface area contributed by atoms with Crippen LogP contribution in [0.4, 0.5) is 5.82 Å². The van der Waals surface area contributed by atoms with E-state index in [0.717, 1.165) is 53.3 Å². The lowest BCUT2D eigenvalue weighted by atomic mass is 10.2. The van der Waals surface area contributed by atoms with Crippen molar-refractivity contribution in [3.63, 3.8) is 0 Å². The molecular weight excluding hydrogens is 316 g/mol. The van der Waals surface area contributed by atoms with Crippen LogP contribution in [-0.2, 0) is 4.74 Å². The molecule has 1 aromatic carbocycles. The van der Waals surface area contributed by atoms with Gasteiger partial charge in [-0.05, 0) is 43.5 Å². The Morgan fingerprint density at radius 2 is 2.12 bits per heavy atom. The molecule has 25 heavy (non-hydrogen) atoms. The first-order valence-electron chi connectivity index (χ1n) is 8.40. The molecule has 0 amide bonds. The summed E-state index contributed by atoms with van der Waals surface area (Å²) in [5.41, 5.74) is 2.45. The third-order valence-corrected chi connectivity index (χ3v) is 4.37. The summed E-state index contributed by atoms with van der Waals surface area (Å²) in [7, 11) is 0. The van der Waals surface area contributed by atoms with Crippen molar-refractivity contribution in [3.05, 3.63) is 55.1 Å². The number of para-hydroxylation sites is 1. The first kappa shape index (κ1) is 14.5. The van der Waals surface area contributed by atoms with Gasteiger partial charge in [0.1, 0.15) is 23.3 Å². The number of nitrogens with zero attached hydrogens (tertiary/aromatic N) is 3. The summed E-state index contributed by atoms with van der Waals surface area (Å²) >= 11 is 0. The zero-order valence-corrected chi connectivity index (χ0v) is 13.6. The minimum absolute atomic E-state index is 0.0307. The topological polar surface area (TPSA) is 64.6 Å². The predicted octanol–water partition coefficient (Wildman–Crippen LogP) is 3.90. The molecule has 0 bridgehead atoms. The number of hydrogen-bond acceptors (Lipinski definition) is 5. The SMILES string of the molecule is [CH]1CCOC(Nc2ccc3ncc(-c4cc5ccccc5o4)n3n2)C1. The average Bonchev–Trinajstić information content (AvgIpc) is 3.25. The Morgan fingerprint density at radius 3 is 3.00 bits per heavy atom. The Balaban J connectivity index is 1.53. The second-order valence-electron chi connectivity index (χ2n) is 6.10. The lowest BCUT2D eigenvalue weighted by Gasteiger charge is -2.23. The molecule has 3 aromatic heterocycles. The maximum absolute atomic E-state index is 5.96. The van der Waals surface area contributed by atoms with Crippen LogP contribution in [0.2, 0.25) is 0 Å². The molecule has 1 saturated heterocycles. The molecule has 1 atom stereocenters. The van der Waals surface area contributed by atoms with Gasteiger partial charge >= 0.3 is 0 Å². The van der Waals surface area contributed by atoms with Crippen LogP contribution in [0.1, 0.15) is 12.8 Å². The Bertz CT molecular complexity index is 997. The highest BCUT2D eigenvalue weighted by atomic mass is 16.5. The average molecular weight is 333 g/mol. The lowest BCUT2D eigenvalue weighted by Crippen LogP contribution is -2.28. The van der Waals surface area contributed by atoms with Gasteiger partial charge in [0.25, 0.3) is 0 Å². The van der Waals surface area contributed by atoms with Crippen molar-refractivity contribution in [3.8, 4) is 11.5 Å². The van der Waals surface area contributed by atoms with Gasteiger partial charge in [-0.1, -0.05) is 18.2 Å². The molecule has 1 aliphatic rings. The minimum atomic E-state index is -0.0307. The van der Waals surface area contributed by atoms with E-state index in [0.29, 0.717) is 0 Å². The molecule has 1 aliphatic heterocycles. The van der Waals surface area contributed by atoms with Gasteiger partial charge in [0, 0.05) is 12.0 Å². The van der Waals surface area contributed by atoms with Crippen LogP contribution >= 0.6 is 0 Å². The quantitative estimate of drug-likeness (QED) is 0.616. The van der Waals surface area contributed by atoms with Crippen LogP contribution in [0.15, 0.2) is 53.1 Å². The fourth-order valence-corrected chi connectivity index (χ4v) is 3.12. The van der Waals surface area contributed by atoms with Gasteiger partial charge < -0.3 is 14.5 Å². The summed E-state index contributed by atoms with van der Waals surface area (Å²) in [6, 6.07) is 13.8. The monoisotopic (exact) mass is 333 g/mol. The Kier molecular flexibility index (Phi) is 3.41. The van der Waals surface area contributed by atoms with Crippen LogP contribution in [-0.4, -0.2) is 27.4 Å². The fraction of sp³-hybridized carbons (Fsp3) is 0.211. The number of imidazole rings is 1. The van der Waals surface area contributed by atoms with Crippen molar-refractivity contribution in [2.45, 2.75) is 19.1 Å². The van der Waals surface area contributed by atoms with Crippen molar-refractivity contribution >= 4 is 22.4 Å². The van der Waals surface area contributed by atoms with Crippen LogP contribution in [0.3, 0.4) is 0 Å². The Labute approximate surface area is 144 Å². The summed E-state index contributed by atoms with van der Waals surface area (Å²) in [6.07, 6.45) is 5.87. The summed E-state index contributed by atoms with van der Waals surface area (Å²) < 4.78 is 13.5. The van der Waals surface area contributed by atoms with E-state index in [-0.39, 0.29) is 6.23 Å². The van der Waals surface area contributed by atoms with Crippen molar-refractivity contribution in [1.82, 2.24) is 14.6 Å². The number of ether oxygens (including phenoxy) is 1. The van der Waals surface area contributed by atoms with Crippen molar-refractivity contribution in [2.75, 3.05) is 11.9 Å². The maximum atomic E-state index is 5.96. The molecule has 0 aliphatic carbocycles. The summed E-state index contributed by atoms with van der Waals surface area (Å²) in [4.78, 5) is 4.43. The zero-order valence-electron chi connectivity index (χ0n) is 13.6. The van der Waals surface area contributed by atoms with Crippen molar-refractivity contribution in [1.29, 1.82) is 0 Å². The molecule has 0 saturated carbocycles. The molecule has 4 aromatic rings. The lowest BCUT2D eigenvalue weighted by molar-refractivity contribution is 0.0525. The molecule has 5 rings (SSSR count). The molecule has 0 spiro atoms. The zero-order chi connectivity index (χ0) is 16.6. The molecule has 1 fully saturated rings. The van der Waals surface area contributed by atoms with Gasteiger partial charge in [-0.25, -0.2) is 9.50 Å². The Morgan fingerprint density at radius 1 is 1.16 bits per heavy atom. The number of nitrogens with one attached hydrogen (secondary N) is 1. The number of furan rings is 1. The van der Waals surface area contributed by atoms with E-state index in [1.54, 1.807) is 10.7 Å². The second-order valence-corrected chi connectivity index (χ2v) is 6.10. The highest BCUT2D eigenvalue weighted by Crippen LogP contribution is 2.28. The third-order valence-electron chi connectivity index (χ3n) is 4.37. The largest absolute Gasteiger partial charge is 0.454 e. The van der Waals surface area contributed by atoms with Gasteiger partial charge in [-0.15, -0.1) is 5.10 Å². The van der Waals surface area contributed by atoms with Gasteiger partial charge in [0.2, 0.25) is 0 Å². The van der Waals surface area contributed by atoms with E-state index < -0.39 is 0 Å². The first-order valence-corrected chi connectivity index (χ1v) is 8.40. The highest BCUT2D eigenvalue weighted by molar-refractivity contribution is 5.82. The van der Waals surface area contributed by atoms with Crippen molar-refractivity contribution in [2.24, 2.45) is 0 Å². The van der Waals surface area contributed by atoms with E-state index in [1.165, 1.54) is 0 Å². The van der Waals surface area contributed by atoms with E-state index in [2.05, 4.69) is 21.8 Å². The van der Waals surface area contributed by atoms with Gasteiger partial charge in [-0.2, -0.15) is 0 Å². The molecule has 1 radical (unpaired) electrons. The molecule has 1 unspecified atom stereocenters. The smallest absolute Gasteiger partial charge is 0.155 e. The first-order chi connectivity index (χ1) is 12.4. The number of fused-ring (bicyclic) bond motifs is 2. The van der Waals surface area contributed by atoms with Crippen LogP contribution in [0, 0.1) is 6.42 Å². The Hall–Kier alpha value is -2.86. The van der Waals surface area contributed by atoms with Gasteiger partial charge in [0.05, 0.1) is 6.20 Å². The summed E-state index contributed by atoms with van der Waals surface area (Å²) in [5, 5.41) is 9.05. The fourth-order valence-electron chi connectivity index (χ4n) is 3.12. The number of aromatic nitrogens is 3. The standard InChI is InChI=1S/C19H17N4O2/c1-2-6-15-13(5-1)11-16(25-15)14-12-20-18-9-8-17(22-23(14)18)21-19-7-3-4-10-24-19/h1-3,5-6,8-9,11-12,19H,4,7,10H2,(H,21,22). The van der Waals surface area contributed by atoms with Crippen LogP contribution in [0.5, 0.6) is 0 Å².